The van der Waals surface area contributed by atoms with Crippen molar-refractivity contribution in [2.45, 2.75) is 6.42 Å². The number of primary amides is 1. The largest absolute Gasteiger partial charge is 0.364 e. The highest BCUT2D eigenvalue weighted by molar-refractivity contribution is 6.30. The van der Waals surface area contributed by atoms with Crippen molar-refractivity contribution in [1.29, 1.82) is 0 Å². The number of nitrogens with two attached hydrogens (primary N) is 1. The minimum atomic E-state index is -0.642. The topological polar surface area (TPSA) is 68.9 Å². The van der Waals surface area contributed by atoms with Crippen LogP contribution in [0.5, 0.6) is 0 Å². The second kappa shape index (κ2) is 6.58. The molecule has 0 aliphatic heterocycles. The highest BCUT2D eigenvalue weighted by atomic mass is 35.5. The van der Waals surface area contributed by atoms with Gasteiger partial charge in [-0.05, 0) is 16.7 Å². The van der Waals surface area contributed by atoms with E-state index in [0.717, 1.165) is 16.7 Å². The molecule has 0 bridgehead atoms. The molecule has 0 saturated heterocycles. The van der Waals surface area contributed by atoms with Gasteiger partial charge in [0.05, 0.1) is 11.9 Å². The van der Waals surface area contributed by atoms with E-state index >= 15 is 0 Å². The number of rotatable bonds is 4. The van der Waals surface area contributed by atoms with Crippen LogP contribution in [0.3, 0.4) is 0 Å². The zero-order valence-electron chi connectivity index (χ0n) is 12.2. The van der Waals surface area contributed by atoms with Crippen molar-refractivity contribution < 1.29 is 4.79 Å². The van der Waals surface area contributed by atoms with Gasteiger partial charge < -0.3 is 5.73 Å². The predicted molar refractivity (Wildman–Crippen MR) is 90.2 cm³/mol. The molecular formula is C18H14ClN3O. The second-order valence-electron chi connectivity index (χ2n) is 5.10. The van der Waals surface area contributed by atoms with Crippen molar-refractivity contribution in [2.75, 3.05) is 0 Å². The average Bonchev–Trinajstić information content (AvgIpc) is 2.57. The van der Waals surface area contributed by atoms with E-state index in [9.17, 15) is 4.79 Å². The molecule has 5 heteroatoms. The lowest BCUT2D eigenvalue weighted by molar-refractivity contribution is 0.0995. The summed E-state index contributed by atoms with van der Waals surface area (Å²) in [7, 11) is 0. The molecule has 3 rings (SSSR count). The first kappa shape index (κ1) is 15.2. The van der Waals surface area contributed by atoms with Gasteiger partial charge in [0.15, 0.2) is 5.15 Å². The fourth-order valence-corrected chi connectivity index (χ4v) is 2.52. The van der Waals surface area contributed by atoms with Gasteiger partial charge >= 0.3 is 0 Å². The highest BCUT2D eigenvalue weighted by Crippen LogP contribution is 2.22. The number of halogens is 1. The maximum Gasteiger partial charge on any atom is 0.268 e. The van der Waals surface area contributed by atoms with Crippen molar-refractivity contribution >= 4 is 17.5 Å². The van der Waals surface area contributed by atoms with E-state index in [1.807, 2.05) is 30.3 Å². The zero-order chi connectivity index (χ0) is 16.2. The lowest BCUT2D eigenvalue weighted by Gasteiger charge is -2.07. The Labute approximate surface area is 139 Å². The Hall–Kier alpha value is -2.72. The highest BCUT2D eigenvalue weighted by Gasteiger charge is 2.10. The number of carbonyl (C=O) groups is 1. The van der Waals surface area contributed by atoms with Gasteiger partial charge in [0, 0.05) is 6.42 Å². The van der Waals surface area contributed by atoms with E-state index in [0.29, 0.717) is 12.1 Å². The fourth-order valence-electron chi connectivity index (χ4n) is 2.31. The molecule has 2 N–H and O–H groups in total. The van der Waals surface area contributed by atoms with Crippen molar-refractivity contribution in [3.05, 3.63) is 82.9 Å². The quantitative estimate of drug-likeness (QED) is 0.799. The summed E-state index contributed by atoms with van der Waals surface area (Å²) in [6.45, 7) is 0. The standard InChI is InChI=1S/C18H14ClN3O/c19-17-15(21-11-16(22-17)18(20)23)10-12-5-4-8-14(9-12)13-6-2-1-3-7-13/h1-9,11H,10H2,(H2,20,23). The van der Waals surface area contributed by atoms with E-state index in [4.69, 9.17) is 17.3 Å². The maximum absolute atomic E-state index is 11.1. The molecule has 114 valence electrons. The minimum Gasteiger partial charge on any atom is -0.364 e. The summed E-state index contributed by atoms with van der Waals surface area (Å²) in [4.78, 5) is 19.3. The molecule has 0 aliphatic rings. The van der Waals surface area contributed by atoms with Crippen LogP contribution in [0.25, 0.3) is 11.1 Å². The summed E-state index contributed by atoms with van der Waals surface area (Å²) in [5, 5.41) is 0.200. The van der Waals surface area contributed by atoms with Crippen LogP contribution in [0, 0.1) is 0 Å². The van der Waals surface area contributed by atoms with Crippen molar-refractivity contribution in [3.63, 3.8) is 0 Å². The Kier molecular flexibility index (Phi) is 4.35. The van der Waals surface area contributed by atoms with Gasteiger partial charge in [-0.3, -0.25) is 9.78 Å². The molecule has 0 saturated carbocycles. The van der Waals surface area contributed by atoms with Crippen LogP contribution in [0.2, 0.25) is 5.15 Å². The molecule has 1 amide bonds. The lowest BCUT2D eigenvalue weighted by atomic mass is 10.0. The van der Waals surface area contributed by atoms with Gasteiger partial charge in [-0.25, -0.2) is 4.98 Å². The van der Waals surface area contributed by atoms with E-state index in [1.54, 1.807) is 0 Å². The summed E-state index contributed by atoms with van der Waals surface area (Å²) >= 11 is 6.10. The molecule has 4 nitrogen and oxygen atoms in total. The number of nitrogens with zero attached hydrogens (tertiary/aromatic N) is 2. The van der Waals surface area contributed by atoms with Crippen LogP contribution in [-0.2, 0) is 6.42 Å². The third-order valence-electron chi connectivity index (χ3n) is 3.46. The third kappa shape index (κ3) is 3.55. The lowest BCUT2D eigenvalue weighted by Crippen LogP contribution is -2.14. The molecule has 0 aliphatic carbocycles. The summed E-state index contributed by atoms with van der Waals surface area (Å²) in [6.07, 6.45) is 1.89. The Balaban J connectivity index is 1.88. The Morgan fingerprint density at radius 3 is 2.48 bits per heavy atom. The van der Waals surface area contributed by atoms with Gasteiger partial charge in [-0.15, -0.1) is 0 Å². The van der Waals surface area contributed by atoms with Gasteiger partial charge in [-0.2, -0.15) is 0 Å². The number of benzene rings is 2. The molecule has 3 aromatic rings. The minimum absolute atomic E-state index is 0.0665. The number of carbonyl (C=O) groups excluding carboxylic acids is 1. The summed E-state index contributed by atoms with van der Waals surface area (Å²) < 4.78 is 0. The molecule has 0 unspecified atom stereocenters. The molecule has 2 aromatic carbocycles. The average molecular weight is 324 g/mol. The van der Waals surface area contributed by atoms with Crippen LogP contribution in [-0.4, -0.2) is 15.9 Å². The third-order valence-corrected chi connectivity index (χ3v) is 3.76. The molecule has 0 atom stereocenters. The summed E-state index contributed by atoms with van der Waals surface area (Å²) in [5.74, 6) is -0.642. The molecule has 0 spiro atoms. The van der Waals surface area contributed by atoms with Crippen molar-refractivity contribution in [1.82, 2.24) is 9.97 Å². The number of amides is 1. The first-order valence-corrected chi connectivity index (χ1v) is 7.47. The summed E-state index contributed by atoms with van der Waals surface area (Å²) in [6, 6.07) is 18.3. The number of hydrogen-bond acceptors (Lipinski definition) is 3. The van der Waals surface area contributed by atoms with Crippen LogP contribution < -0.4 is 5.73 Å². The van der Waals surface area contributed by atoms with Gasteiger partial charge in [-0.1, -0.05) is 66.2 Å². The van der Waals surface area contributed by atoms with Crippen LogP contribution >= 0.6 is 11.6 Å². The molecular weight excluding hydrogens is 310 g/mol. The van der Waals surface area contributed by atoms with E-state index in [2.05, 4.69) is 34.2 Å². The fraction of sp³-hybridized carbons (Fsp3) is 0.0556. The SMILES string of the molecule is NC(=O)c1cnc(Cc2cccc(-c3ccccc3)c2)c(Cl)n1. The molecule has 1 heterocycles. The van der Waals surface area contributed by atoms with E-state index in [-0.39, 0.29) is 10.8 Å². The van der Waals surface area contributed by atoms with Gasteiger partial charge in [0.25, 0.3) is 5.91 Å². The van der Waals surface area contributed by atoms with E-state index in [1.165, 1.54) is 6.20 Å². The van der Waals surface area contributed by atoms with Gasteiger partial charge in [0.2, 0.25) is 0 Å². The molecule has 1 aromatic heterocycles. The monoisotopic (exact) mass is 323 g/mol. The second-order valence-corrected chi connectivity index (χ2v) is 5.46. The van der Waals surface area contributed by atoms with Gasteiger partial charge in [0.1, 0.15) is 5.69 Å². The van der Waals surface area contributed by atoms with Crippen molar-refractivity contribution in [2.24, 2.45) is 5.73 Å². The number of aromatic nitrogens is 2. The van der Waals surface area contributed by atoms with Crippen LogP contribution in [0.15, 0.2) is 60.8 Å². The van der Waals surface area contributed by atoms with Crippen molar-refractivity contribution in [3.8, 4) is 11.1 Å². The first-order valence-electron chi connectivity index (χ1n) is 7.09. The Morgan fingerprint density at radius 1 is 1.04 bits per heavy atom. The Bertz CT molecular complexity index is 850. The normalized spacial score (nSPS) is 10.5. The summed E-state index contributed by atoms with van der Waals surface area (Å²) in [5.41, 5.74) is 9.19. The van der Waals surface area contributed by atoms with Crippen LogP contribution in [0.4, 0.5) is 0 Å². The smallest absolute Gasteiger partial charge is 0.268 e. The number of hydrogen-bond donors (Lipinski definition) is 1. The first-order chi connectivity index (χ1) is 11.1. The van der Waals surface area contributed by atoms with E-state index < -0.39 is 5.91 Å². The molecule has 0 radical (unpaired) electrons. The maximum atomic E-state index is 11.1. The van der Waals surface area contributed by atoms with Crippen LogP contribution in [0.1, 0.15) is 21.7 Å². The molecule has 23 heavy (non-hydrogen) atoms. The zero-order valence-corrected chi connectivity index (χ0v) is 13.0. The predicted octanol–water partition coefficient (Wildman–Crippen LogP) is 3.49. The molecule has 0 fully saturated rings. The Morgan fingerprint density at radius 2 is 1.78 bits per heavy atom.